The zero-order valence-electron chi connectivity index (χ0n) is 16.9. The minimum atomic E-state index is -0.497. The van der Waals surface area contributed by atoms with Crippen molar-refractivity contribution in [1.82, 2.24) is 9.78 Å². The number of hydrogen-bond acceptors (Lipinski definition) is 5. The first-order valence-corrected chi connectivity index (χ1v) is 9.26. The molecule has 154 valence electrons. The van der Waals surface area contributed by atoms with Gasteiger partial charge in [-0.25, -0.2) is 4.68 Å². The largest absolute Gasteiger partial charge is 0.497 e. The summed E-state index contributed by atoms with van der Waals surface area (Å²) >= 11 is 0. The fraction of sp³-hybridized carbons (Fsp3) is 0.182. The number of anilines is 2. The van der Waals surface area contributed by atoms with E-state index in [1.807, 2.05) is 32.0 Å². The van der Waals surface area contributed by atoms with Crippen LogP contribution in [0.4, 0.5) is 11.4 Å². The van der Waals surface area contributed by atoms with Gasteiger partial charge in [-0.2, -0.15) is 5.10 Å². The number of rotatable bonds is 6. The Labute approximate surface area is 173 Å². The van der Waals surface area contributed by atoms with Gasteiger partial charge in [0.15, 0.2) is 0 Å². The molecule has 2 N–H and O–H groups in total. The van der Waals surface area contributed by atoms with Crippen LogP contribution in [0.2, 0.25) is 0 Å². The number of benzene rings is 2. The molecule has 0 atom stereocenters. The van der Waals surface area contributed by atoms with Crippen molar-refractivity contribution in [1.29, 1.82) is 0 Å². The molecule has 0 saturated heterocycles. The summed E-state index contributed by atoms with van der Waals surface area (Å²) in [6.45, 7) is 3.55. The van der Waals surface area contributed by atoms with E-state index in [2.05, 4.69) is 15.7 Å². The zero-order chi connectivity index (χ0) is 21.7. The van der Waals surface area contributed by atoms with E-state index in [-0.39, 0.29) is 12.2 Å². The molecule has 1 aromatic heterocycles. The van der Waals surface area contributed by atoms with Crippen molar-refractivity contribution < 1.29 is 14.3 Å². The van der Waals surface area contributed by atoms with Crippen LogP contribution in [0.3, 0.4) is 0 Å². The van der Waals surface area contributed by atoms with E-state index in [0.717, 1.165) is 15.8 Å². The minimum Gasteiger partial charge on any atom is -0.497 e. The van der Waals surface area contributed by atoms with Gasteiger partial charge >= 0.3 is 0 Å². The van der Waals surface area contributed by atoms with Crippen LogP contribution in [0.1, 0.15) is 21.6 Å². The Morgan fingerprint density at radius 2 is 1.60 bits per heavy atom. The predicted octanol–water partition coefficient (Wildman–Crippen LogP) is 2.76. The number of amides is 2. The van der Waals surface area contributed by atoms with Gasteiger partial charge < -0.3 is 15.4 Å². The van der Waals surface area contributed by atoms with E-state index in [0.29, 0.717) is 17.1 Å². The molecule has 0 aliphatic carbocycles. The van der Waals surface area contributed by atoms with Crippen LogP contribution in [-0.4, -0.2) is 28.7 Å². The minimum absolute atomic E-state index is 0.0182. The summed E-state index contributed by atoms with van der Waals surface area (Å²) in [7, 11) is 1.55. The van der Waals surface area contributed by atoms with Crippen molar-refractivity contribution in [2.75, 3.05) is 17.7 Å². The summed E-state index contributed by atoms with van der Waals surface area (Å²) in [6.07, 6.45) is 0. The Hall–Kier alpha value is -3.94. The Bertz CT molecular complexity index is 1120. The second-order valence-electron chi connectivity index (χ2n) is 6.82. The Balaban J connectivity index is 1.71. The first-order valence-electron chi connectivity index (χ1n) is 9.26. The zero-order valence-corrected chi connectivity index (χ0v) is 16.9. The van der Waals surface area contributed by atoms with Gasteiger partial charge in [0.05, 0.1) is 7.11 Å². The van der Waals surface area contributed by atoms with Crippen molar-refractivity contribution >= 4 is 23.2 Å². The summed E-state index contributed by atoms with van der Waals surface area (Å²) in [4.78, 5) is 36.9. The molecule has 3 aromatic rings. The number of aromatic nitrogens is 2. The van der Waals surface area contributed by atoms with Crippen LogP contribution >= 0.6 is 0 Å². The van der Waals surface area contributed by atoms with E-state index in [1.54, 1.807) is 31.4 Å². The maximum Gasteiger partial charge on any atom is 0.276 e. The first kappa shape index (κ1) is 20.8. The molecule has 8 nitrogen and oxygen atoms in total. The van der Waals surface area contributed by atoms with Crippen molar-refractivity contribution in [3.05, 3.63) is 81.8 Å². The van der Waals surface area contributed by atoms with Crippen LogP contribution in [0.5, 0.6) is 5.75 Å². The van der Waals surface area contributed by atoms with Gasteiger partial charge in [0, 0.05) is 17.4 Å². The highest BCUT2D eigenvalue weighted by molar-refractivity contribution is 6.02. The molecule has 0 spiro atoms. The maximum absolute atomic E-state index is 12.5. The average molecular weight is 406 g/mol. The average Bonchev–Trinajstić information content (AvgIpc) is 2.69. The van der Waals surface area contributed by atoms with Crippen LogP contribution in [0, 0.1) is 13.8 Å². The Morgan fingerprint density at radius 1 is 0.933 bits per heavy atom. The van der Waals surface area contributed by atoms with E-state index in [4.69, 9.17) is 4.74 Å². The van der Waals surface area contributed by atoms with E-state index >= 15 is 0 Å². The highest BCUT2D eigenvalue weighted by Gasteiger charge is 2.13. The van der Waals surface area contributed by atoms with Crippen LogP contribution in [0.25, 0.3) is 0 Å². The molecule has 0 bridgehead atoms. The molecule has 0 saturated carbocycles. The Kier molecular flexibility index (Phi) is 6.26. The summed E-state index contributed by atoms with van der Waals surface area (Å²) in [5.41, 5.74) is 2.75. The highest BCUT2D eigenvalue weighted by atomic mass is 16.5. The predicted molar refractivity (Wildman–Crippen MR) is 114 cm³/mol. The van der Waals surface area contributed by atoms with Gasteiger partial charge in [-0.3, -0.25) is 14.4 Å². The van der Waals surface area contributed by atoms with Crippen LogP contribution in [-0.2, 0) is 11.3 Å². The molecule has 2 aromatic carbocycles. The van der Waals surface area contributed by atoms with Gasteiger partial charge in [0.1, 0.15) is 18.0 Å². The van der Waals surface area contributed by atoms with E-state index in [9.17, 15) is 14.4 Å². The number of aryl methyl sites for hydroxylation is 2. The molecule has 0 radical (unpaired) electrons. The van der Waals surface area contributed by atoms with E-state index in [1.165, 1.54) is 12.1 Å². The smallest absolute Gasteiger partial charge is 0.276 e. The molecule has 0 unspecified atom stereocenters. The number of carbonyl (C=O) groups is 2. The highest BCUT2D eigenvalue weighted by Crippen LogP contribution is 2.16. The monoisotopic (exact) mass is 406 g/mol. The lowest BCUT2D eigenvalue weighted by Gasteiger charge is -2.10. The molecule has 1 heterocycles. The standard InChI is InChI=1S/C22H22N4O4/c1-14-10-15(2)12-17(11-14)23-20(27)13-26-21(28)9-8-19(25-26)22(29)24-16-4-6-18(30-3)7-5-16/h4-12H,13H2,1-3H3,(H,23,27)(H,24,29). The number of nitrogens with one attached hydrogen (secondary N) is 2. The van der Waals surface area contributed by atoms with Crippen LogP contribution < -0.4 is 20.9 Å². The maximum atomic E-state index is 12.5. The quantitative estimate of drug-likeness (QED) is 0.655. The molecule has 0 fully saturated rings. The first-order chi connectivity index (χ1) is 14.3. The third kappa shape index (κ3) is 5.32. The van der Waals surface area contributed by atoms with Gasteiger partial charge in [-0.1, -0.05) is 6.07 Å². The van der Waals surface area contributed by atoms with Gasteiger partial charge in [0.2, 0.25) is 5.91 Å². The third-order valence-electron chi connectivity index (χ3n) is 4.25. The second-order valence-corrected chi connectivity index (χ2v) is 6.82. The molecule has 30 heavy (non-hydrogen) atoms. The SMILES string of the molecule is COc1ccc(NC(=O)c2ccc(=O)n(CC(=O)Nc3cc(C)cc(C)c3)n2)cc1. The Morgan fingerprint density at radius 3 is 2.23 bits per heavy atom. The lowest BCUT2D eigenvalue weighted by molar-refractivity contribution is -0.117. The number of methoxy groups -OCH3 is 1. The lowest BCUT2D eigenvalue weighted by Crippen LogP contribution is -2.31. The molecular formula is C22H22N4O4. The summed E-state index contributed by atoms with van der Waals surface area (Å²) < 4.78 is 6.04. The normalized spacial score (nSPS) is 10.4. The van der Waals surface area contributed by atoms with Gasteiger partial charge in [0.25, 0.3) is 11.5 Å². The number of nitrogens with zero attached hydrogens (tertiary/aromatic N) is 2. The molecule has 0 aliphatic rings. The molecule has 2 amide bonds. The lowest BCUT2D eigenvalue weighted by atomic mass is 10.1. The number of ether oxygens (including phenoxy) is 1. The van der Waals surface area contributed by atoms with Crippen molar-refractivity contribution in [2.45, 2.75) is 20.4 Å². The molecule has 3 rings (SSSR count). The van der Waals surface area contributed by atoms with Crippen LogP contribution in [0.15, 0.2) is 59.4 Å². The number of hydrogen-bond donors (Lipinski definition) is 2. The molecule has 8 heteroatoms. The van der Waals surface area contributed by atoms with Crippen molar-refractivity contribution in [3.63, 3.8) is 0 Å². The fourth-order valence-corrected chi connectivity index (χ4v) is 2.94. The number of carbonyl (C=O) groups excluding carboxylic acids is 2. The third-order valence-corrected chi connectivity index (χ3v) is 4.25. The van der Waals surface area contributed by atoms with Crippen molar-refractivity contribution in [3.8, 4) is 5.75 Å². The van der Waals surface area contributed by atoms with Gasteiger partial charge in [-0.15, -0.1) is 0 Å². The summed E-state index contributed by atoms with van der Waals surface area (Å²) in [6, 6.07) is 15.0. The topological polar surface area (TPSA) is 102 Å². The summed E-state index contributed by atoms with van der Waals surface area (Å²) in [5, 5.41) is 9.46. The summed E-state index contributed by atoms with van der Waals surface area (Å²) in [5.74, 6) is -0.250. The van der Waals surface area contributed by atoms with Gasteiger partial charge in [-0.05, 0) is 67.4 Å². The molecular weight excluding hydrogens is 384 g/mol. The fourth-order valence-electron chi connectivity index (χ4n) is 2.94. The second kappa shape index (κ2) is 9.04. The molecule has 0 aliphatic heterocycles. The van der Waals surface area contributed by atoms with Crippen molar-refractivity contribution in [2.24, 2.45) is 0 Å². The van der Waals surface area contributed by atoms with E-state index < -0.39 is 17.4 Å².